The van der Waals surface area contributed by atoms with Crippen molar-refractivity contribution in [2.75, 3.05) is 18.4 Å². The van der Waals surface area contributed by atoms with Gasteiger partial charge in [-0.15, -0.1) is 0 Å². The number of hydrogen-bond donors (Lipinski definition) is 1. The second-order valence-corrected chi connectivity index (χ2v) is 10.8. The van der Waals surface area contributed by atoms with E-state index < -0.39 is 15.3 Å². The molecule has 1 saturated carbocycles. The average Bonchev–Trinajstić information content (AvgIpc) is 3.30. The van der Waals surface area contributed by atoms with Gasteiger partial charge in [-0.3, -0.25) is 4.40 Å². The molecule has 0 atom stereocenters. The highest BCUT2D eigenvalue weighted by Crippen LogP contribution is 2.36. The molecule has 2 aromatic heterocycles. The fourth-order valence-electron chi connectivity index (χ4n) is 4.41. The van der Waals surface area contributed by atoms with Gasteiger partial charge in [-0.25, -0.2) is 22.1 Å². The molecule has 0 spiro atoms. The first-order valence-electron chi connectivity index (χ1n) is 10.3. The third-order valence-corrected chi connectivity index (χ3v) is 8.38. The lowest BCUT2D eigenvalue weighted by Crippen LogP contribution is -2.41. The molecular formula is C20H29FN4O2S. The highest BCUT2D eigenvalue weighted by atomic mass is 32.2. The van der Waals surface area contributed by atoms with Crippen LogP contribution in [0.1, 0.15) is 64.0 Å². The summed E-state index contributed by atoms with van der Waals surface area (Å²) in [5.41, 5.74) is 1.67. The number of piperidine rings is 1. The normalized spacial score (nSPS) is 20.4. The maximum atomic E-state index is 13.9. The molecule has 6 nitrogen and oxygen atoms in total. The van der Waals surface area contributed by atoms with E-state index in [1.807, 2.05) is 4.40 Å². The third kappa shape index (κ3) is 3.64. The molecule has 1 aliphatic carbocycles. The van der Waals surface area contributed by atoms with Crippen molar-refractivity contribution in [3.8, 4) is 0 Å². The Balaban J connectivity index is 1.61. The molecule has 0 unspecified atom stereocenters. The minimum atomic E-state index is -3.22. The molecule has 0 radical (unpaired) electrons. The molecule has 2 aromatic rings. The molecule has 4 rings (SSSR count). The van der Waals surface area contributed by atoms with Gasteiger partial charge < -0.3 is 5.32 Å². The van der Waals surface area contributed by atoms with Crippen LogP contribution < -0.4 is 5.32 Å². The van der Waals surface area contributed by atoms with E-state index in [9.17, 15) is 12.8 Å². The summed E-state index contributed by atoms with van der Waals surface area (Å²) in [6.45, 7) is 4.47. The molecule has 1 N–H and O–H groups in total. The van der Waals surface area contributed by atoms with Gasteiger partial charge in [-0.05, 0) is 51.7 Å². The van der Waals surface area contributed by atoms with E-state index >= 15 is 0 Å². The van der Waals surface area contributed by atoms with Gasteiger partial charge in [0.25, 0.3) is 0 Å². The van der Waals surface area contributed by atoms with Crippen LogP contribution in [0.4, 0.5) is 10.2 Å². The Labute approximate surface area is 166 Å². The highest BCUT2D eigenvalue weighted by Gasteiger charge is 2.33. The number of nitrogens with zero attached hydrogens (tertiary/aromatic N) is 3. The number of nitrogens with one attached hydrogen (secondary N) is 1. The molecule has 3 heterocycles. The van der Waals surface area contributed by atoms with Crippen molar-refractivity contribution in [2.45, 2.75) is 69.6 Å². The second kappa shape index (κ2) is 7.63. The minimum Gasteiger partial charge on any atom is -0.367 e. The molecule has 1 saturated heterocycles. The second-order valence-electron chi connectivity index (χ2n) is 8.31. The van der Waals surface area contributed by atoms with Gasteiger partial charge in [0, 0.05) is 31.2 Å². The number of anilines is 1. The van der Waals surface area contributed by atoms with E-state index in [0.29, 0.717) is 19.1 Å². The van der Waals surface area contributed by atoms with Crippen molar-refractivity contribution in [1.29, 1.82) is 0 Å². The van der Waals surface area contributed by atoms with Crippen molar-refractivity contribution in [2.24, 2.45) is 0 Å². The van der Waals surface area contributed by atoms with Gasteiger partial charge >= 0.3 is 0 Å². The molecule has 0 bridgehead atoms. The van der Waals surface area contributed by atoms with Crippen molar-refractivity contribution in [1.82, 2.24) is 13.7 Å². The zero-order valence-electron chi connectivity index (χ0n) is 16.6. The maximum Gasteiger partial charge on any atom is 0.216 e. The number of pyridine rings is 1. The van der Waals surface area contributed by atoms with Crippen LogP contribution in [0.25, 0.3) is 5.65 Å². The molecular weight excluding hydrogens is 379 g/mol. The summed E-state index contributed by atoms with van der Waals surface area (Å²) in [4.78, 5) is 4.81. The first-order chi connectivity index (χ1) is 13.4. The summed E-state index contributed by atoms with van der Waals surface area (Å²) in [6, 6.07) is 3.53. The quantitative estimate of drug-likeness (QED) is 0.818. The van der Waals surface area contributed by atoms with Crippen molar-refractivity contribution in [3.05, 3.63) is 29.8 Å². The predicted octanol–water partition coefficient (Wildman–Crippen LogP) is 3.75. The van der Waals surface area contributed by atoms with E-state index in [1.165, 1.54) is 25.1 Å². The number of hydrogen-bond acceptors (Lipinski definition) is 4. The summed E-state index contributed by atoms with van der Waals surface area (Å²) in [5, 5.41) is 3.22. The molecule has 154 valence electrons. The van der Waals surface area contributed by atoms with Gasteiger partial charge in [0.2, 0.25) is 10.0 Å². The van der Waals surface area contributed by atoms with Gasteiger partial charge in [0.1, 0.15) is 17.3 Å². The summed E-state index contributed by atoms with van der Waals surface area (Å²) < 4.78 is 42.2. The lowest BCUT2D eigenvalue weighted by Gasteiger charge is -2.32. The maximum absolute atomic E-state index is 13.9. The zero-order valence-corrected chi connectivity index (χ0v) is 17.4. The lowest BCUT2D eigenvalue weighted by atomic mass is 9.94. The highest BCUT2D eigenvalue weighted by molar-refractivity contribution is 7.89. The fraction of sp³-hybridized carbons (Fsp3) is 0.650. The van der Waals surface area contributed by atoms with Crippen molar-refractivity contribution in [3.63, 3.8) is 0 Å². The Morgan fingerprint density at radius 1 is 1.14 bits per heavy atom. The van der Waals surface area contributed by atoms with Crippen LogP contribution in [0.5, 0.6) is 0 Å². The summed E-state index contributed by atoms with van der Waals surface area (Å²) in [7, 11) is -3.22. The molecule has 2 fully saturated rings. The van der Waals surface area contributed by atoms with Crippen LogP contribution in [-0.2, 0) is 10.0 Å². The smallest absolute Gasteiger partial charge is 0.216 e. The summed E-state index contributed by atoms with van der Waals surface area (Å²) in [6.07, 6.45) is 7.62. The first-order valence-corrected chi connectivity index (χ1v) is 11.8. The monoisotopic (exact) mass is 408 g/mol. The molecule has 8 heteroatoms. The van der Waals surface area contributed by atoms with Crippen LogP contribution in [0.2, 0.25) is 0 Å². The zero-order chi connectivity index (χ0) is 19.9. The van der Waals surface area contributed by atoms with Gasteiger partial charge in [0.05, 0.1) is 10.9 Å². The molecule has 1 aliphatic heterocycles. The van der Waals surface area contributed by atoms with E-state index in [1.54, 1.807) is 24.2 Å². The first kappa shape index (κ1) is 19.6. The Kier molecular flexibility index (Phi) is 5.35. The van der Waals surface area contributed by atoms with E-state index in [-0.39, 0.29) is 11.7 Å². The van der Waals surface area contributed by atoms with Gasteiger partial charge in [-0.2, -0.15) is 0 Å². The summed E-state index contributed by atoms with van der Waals surface area (Å²) in [5.74, 6) is 0.765. The Morgan fingerprint density at radius 3 is 2.46 bits per heavy atom. The van der Waals surface area contributed by atoms with Crippen molar-refractivity contribution >= 4 is 21.5 Å². The Hall–Kier alpha value is -1.67. The van der Waals surface area contributed by atoms with E-state index in [4.69, 9.17) is 4.98 Å². The fourth-order valence-corrected chi connectivity index (χ4v) is 5.73. The third-order valence-electron chi connectivity index (χ3n) is 6.10. The van der Waals surface area contributed by atoms with E-state index in [2.05, 4.69) is 5.32 Å². The number of rotatable bonds is 5. The largest absolute Gasteiger partial charge is 0.367 e. The number of sulfonamides is 1. The minimum absolute atomic E-state index is 0.172. The summed E-state index contributed by atoms with van der Waals surface area (Å²) >= 11 is 0. The van der Waals surface area contributed by atoms with Crippen LogP contribution in [0.3, 0.4) is 0 Å². The SMILES string of the molecule is CC(C)S(=O)(=O)N1CCC(c2nc3ccc(F)cn3c2NC2CCCC2)CC1. The lowest BCUT2D eigenvalue weighted by molar-refractivity contribution is 0.315. The van der Waals surface area contributed by atoms with E-state index in [0.717, 1.165) is 42.8 Å². The number of fused-ring (bicyclic) bond motifs is 1. The predicted molar refractivity (Wildman–Crippen MR) is 109 cm³/mol. The molecule has 28 heavy (non-hydrogen) atoms. The van der Waals surface area contributed by atoms with Crippen LogP contribution in [0, 0.1) is 5.82 Å². The average molecular weight is 409 g/mol. The number of halogens is 1. The number of aromatic nitrogens is 2. The Bertz CT molecular complexity index is 943. The van der Waals surface area contributed by atoms with Gasteiger partial charge in [-0.1, -0.05) is 12.8 Å². The van der Waals surface area contributed by atoms with Crippen LogP contribution in [-0.4, -0.2) is 46.5 Å². The molecule has 0 amide bonds. The van der Waals surface area contributed by atoms with Gasteiger partial charge in [0.15, 0.2) is 0 Å². The number of imidazole rings is 1. The molecule has 2 aliphatic rings. The van der Waals surface area contributed by atoms with Crippen LogP contribution in [0.15, 0.2) is 18.3 Å². The standard InChI is InChI=1S/C20H29FN4O2S/c1-14(2)28(26,27)24-11-9-15(10-12-24)19-20(22-17-5-3-4-6-17)25-13-16(21)7-8-18(25)23-19/h7-8,13-15,17,22H,3-6,9-12H2,1-2H3. The molecule has 0 aromatic carbocycles. The van der Waals surface area contributed by atoms with Crippen LogP contribution >= 0.6 is 0 Å². The van der Waals surface area contributed by atoms with Crippen molar-refractivity contribution < 1.29 is 12.8 Å². The topological polar surface area (TPSA) is 66.7 Å². The Morgan fingerprint density at radius 2 is 1.82 bits per heavy atom.